The summed E-state index contributed by atoms with van der Waals surface area (Å²) < 4.78 is 9.87. The van der Waals surface area contributed by atoms with Gasteiger partial charge in [-0.2, -0.15) is 0 Å². The fraction of sp³-hybridized carbons (Fsp3) is 0.214. The van der Waals surface area contributed by atoms with Crippen LogP contribution in [0.5, 0.6) is 5.75 Å². The summed E-state index contributed by atoms with van der Waals surface area (Å²) >= 11 is 0. The average molecular weight is 230 g/mol. The largest absolute Gasteiger partial charge is 0.497 e. The Balaban J connectivity index is 2.41. The Labute approximate surface area is 101 Å². The van der Waals surface area contributed by atoms with Crippen molar-refractivity contribution < 1.29 is 14.3 Å². The number of hydrogen-bond donors (Lipinski definition) is 0. The van der Waals surface area contributed by atoms with Crippen LogP contribution in [0.25, 0.3) is 6.08 Å². The molecule has 1 aromatic carbocycles. The first-order valence-electron chi connectivity index (χ1n) is 5.16. The third-order valence-electron chi connectivity index (χ3n) is 1.96. The van der Waals surface area contributed by atoms with E-state index in [1.807, 2.05) is 30.3 Å². The number of ether oxygens (including phenoxy) is 2. The van der Waals surface area contributed by atoms with E-state index >= 15 is 0 Å². The Hall–Kier alpha value is -2.21. The highest BCUT2D eigenvalue weighted by Crippen LogP contribution is 2.12. The smallest absolute Gasteiger partial charge is 0.384 e. The Morgan fingerprint density at radius 3 is 2.65 bits per heavy atom. The summed E-state index contributed by atoms with van der Waals surface area (Å²) in [6.07, 6.45) is 3.63. The zero-order valence-corrected chi connectivity index (χ0v) is 9.90. The van der Waals surface area contributed by atoms with Crippen LogP contribution in [-0.2, 0) is 9.53 Å². The minimum atomic E-state index is -0.508. The van der Waals surface area contributed by atoms with Gasteiger partial charge in [0.1, 0.15) is 12.4 Å². The van der Waals surface area contributed by atoms with Crippen molar-refractivity contribution in [2.24, 2.45) is 0 Å². The van der Waals surface area contributed by atoms with Gasteiger partial charge in [0.15, 0.2) is 0 Å². The Morgan fingerprint density at radius 2 is 2.06 bits per heavy atom. The predicted octanol–water partition coefficient (Wildman–Crippen LogP) is 2.27. The van der Waals surface area contributed by atoms with E-state index in [1.54, 1.807) is 20.1 Å². The maximum Gasteiger partial charge on any atom is 0.384 e. The van der Waals surface area contributed by atoms with Gasteiger partial charge < -0.3 is 9.47 Å². The molecule has 0 aliphatic rings. The molecule has 3 nitrogen and oxygen atoms in total. The molecule has 0 spiro atoms. The van der Waals surface area contributed by atoms with E-state index in [4.69, 9.17) is 9.47 Å². The first-order chi connectivity index (χ1) is 8.26. The molecule has 0 atom stereocenters. The number of carbonyl (C=O) groups is 1. The molecular weight excluding hydrogens is 216 g/mol. The third-order valence-corrected chi connectivity index (χ3v) is 1.96. The van der Waals surface area contributed by atoms with E-state index < -0.39 is 5.97 Å². The van der Waals surface area contributed by atoms with Crippen molar-refractivity contribution in [1.82, 2.24) is 0 Å². The van der Waals surface area contributed by atoms with Gasteiger partial charge in [-0.3, -0.25) is 0 Å². The zero-order chi connectivity index (χ0) is 12.5. The number of esters is 1. The van der Waals surface area contributed by atoms with Gasteiger partial charge in [0, 0.05) is 5.92 Å². The van der Waals surface area contributed by atoms with E-state index in [0.29, 0.717) is 0 Å². The van der Waals surface area contributed by atoms with Crippen LogP contribution < -0.4 is 4.74 Å². The van der Waals surface area contributed by atoms with E-state index in [2.05, 4.69) is 11.8 Å². The van der Waals surface area contributed by atoms with Crippen molar-refractivity contribution in [3.63, 3.8) is 0 Å². The van der Waals surface area contributed by atoms with Crippen LogP contribution >= 0.6 is 0 Å². The fourth-order valence-electron chi connectivity index (χ4n) is 1.16. The van der Waals surface area contributed by atoms with Gasteiger partial charge in [-0.1, -0.05) is 24.1 Å². The van der Waals surface area contributed by atoms with Crippen LogP contribution in [0.1, 0.15) is 12.5 Å². The lowest BCUT2D eigenvalue weighted by Gasteiger charge is -1.99. The topological polar surface area (TPSA) is 35.5 Å². The van der Waals surface area contributed by atoms with Gasteiger partial charge in [0.2, 0.25) is 0 Å². The van der Waals surface area contributed by atoms with Crippen molar-refractivity contribution in [3.8, 4) is 17.6 Å². The quantitative estimate of drug-likeness (QED) is 0.452. The third kappa shape index (κ3) is 4.89. The Morgan fingerprint density at radius 1 is 1.35 bits per heavy atom. The summed E-state index contributed by atoms with van der Waals surface area (Å²) in [5.74, 6) is 5.08. The summed E-state index contributed by atoms with van der Waals surface area (Å²) in [6.45, 7) is 1.81. The highest BCUT2D eigenvalue weighted by atomic mass is 16.5. The Bertz CT molecular complexity index is 447. The van der Waals surface area contributed by atoms with Gasteiger partial charge in [-0.15, -0.1) is 0 Å². The molecular formula is C14H14O3. The van der Waals surface area contributed by atoms with Crippen LogP contribution in [0, 0.1) is 11.8 Å². The second kappa shape index (κ2) is 7.13. The van der Waals surface area contributed by atoms with Gasteiger partial charge >= 0.3 is 5.97 Å². The molecule has 0 N–H and O–H groups in total. The molecule has 0 aliphatic heterocycles. The second-order valence-corrected chi connectivity index (χ2v) is 3.15. The van der Waals surface area contributed by atoms with Crippen LogP contribution in [-0.4, -0.2) is 19.7 Å². The first-order valence-corrected chi connectivity index (χ1v) is 5.16. The summed E-state index contributed by atoms with van der Waals surface area (Å²) in [5, 5.41) is 0. The zero-order valence-electron chi connectivity index (χ0n) is 9.90. The lowest BCUT2D eigenvalue weighted by atomic mass is 10.2. The van der Waals surface area contributed by atoms with Crippen LogP contribution in [0.2, 0.25) is 0 Å². The monoisotopic (exact) mass is 230 g/mol. The molecule has 0 aliphatic carbocycles. The predicted molar refractivity (Wildman–Crippen MR) is 66.4 cm³/mol. The van der Waals surface area contributed by atoms with Gasteiger partial charge in [-0.05, 0) is 30.7 Å². The minimum absolute atomic E-state index is 0.222. The molecule has 0 radical (unpaired) electrons. The molecule has 0 aromatic heterocycles. The molecule has 0 saturated carbocycles. The second-order valence-electron chi connectivity index (χ2n) is 3.15. The summed E-state index contributed by atoms with van der Waals surface area (Å²) in [5.41, 5.74) is 1.02. The fourth-order valence-corrected chi connectivity index (χ4v) is 1.16. The lowest BCUT2D eigenvalue weighted by Crippen LogP contribution is -2.00. The van der Waals surface area contributed by atoms with E-state index in [9.17, 15) is 4.79 Å². The number of benzene rings is 1. The van der Waals surface area contributed by atoms with Crippen molar-refractivity contribution >= 4 is 12.0 Å². The number of carbonyl (C=O) groups excluding carboxylic acids is 1. The van der Waals surface area contributed by atoms with Gasteiger partial charge in [-0.25, -0.2) is 4.79 Å². The molecule has 0 heterocycles. The summed E-state index contributed by atoms with van der Waals surface area (Å²) in [6, 6.07) is 7.58. The number of rotatable bonds is 4. The van der Waals surface area contributed by atoms with Crippen molar-refractivity contribution in [2.45, 2.75) is 6.92 Å². The van der Waals surface area contributed by atoms with E-state index in [-0.39, 0.29) is 6.61 Å². The standard InChI is InChI=1S/C14H14O3/c1-3-5-14(15)17-11-4-6-12-7-9-13(16-2)10-8-12/h4,6-10H,11H2,1-2H3/b6-4+. The molecule has 1 aromatic rings. The maximum absolute atomic E-state index is 10.9. The molecule has 0 bridgehead atoms. The van der Waals surface area contributed by atoms with Crippen LogP contribution in [0.4, 0.5) is 0 Å². The van der Waals surface area contributed by atoms with Crippen molar-refractivity contribution in [1.29, 1.82) is 0 Å². The first kappa shape index (κ1) is 12.9. The highest BCUT2D eigenvalue weighted by Gasteiger charge is 1.93. The molecule has 88 valence electrons. The maximum atomic E-state index is 10.9. The molecule has 0 saturated heterocycles. The Kier molecular flexibility index (Phi) is 5.39. The van der Waals surface area contributed by atoms with Gasteiger partial charge in [0.05, 0.1) is 7.11 Å². The normalized spacial score (nSPS) is 9.53. The molecule has 0 fully saturated rings. The SMILES string of the molecule is CC#CC(=O)OC/C=C/c1ccc(OC)cc1. The van der Waals surface area contributed by atoms with E-state index in [0.717, 1.165) is 11.3 Å². The molecule has 3 heteroatoms. The number of methoxy groups -OCH3 is 1. The summed E-state index contributed by atoms with van der Waals surface area (Å²) in [4.78, 5) is 10.9. The average Bonchev–Trinajstić information content (AvgIpc) is 2.36. The van der Waals surface area contributed by atoms with Crippen LogP contribution in [0.15, 0.2) is 30.3 Å². The summed E-state index contributed by atoms with van der Waals surface area (Å²) in [7, 11) is 1.62. The molecule has 0 unspecified atom stereocenters. The molecule has 0 amide bonds. The van der Waals surface area contributed by atoms with E-state index in [1.165, 1.54) is 0 Å². The lowest BCUT2D eigenvalue weighted by molar-refractivity contribution is -0.135. The van der Waals surface area contributed by atoms with Crippen molar-refractivity contribution in [3.05, 3.63) is 35.9 Å². The molecule has 17 heavy (non-hydrogen) atoms. The van der Waals surface area contributed by atoms with Gasteiger partial charge in [0.25, 0.3) is 0 Å². The minimum Gasteiger partial charge on any atom is -0.497 e. The highest BCUT2D eigenvalue weighted by molar-refractivity contribution is 5.88. The molecule has 1 rings (SSSR count). The number of hydrogen-bond acceptors (Lipinski definition) is 3. The van der Waals surface area contributed by atoms with Crippen molar-refractivity contribution in [2.75, 3.05) is 13.7 Å². The van der Waals surface area contributed by atoms with Crippen LogP contribution in [0.3, 0.4) is 0 Å².